The van der Waals surface area contributed by atoms with Crippen LogP contribution in [0, 0.1) is 34.6 Å². The molecule has 0 atom stereocenters. The standard InChI is InChI=1S/C26H30N2O4S/c1-17-13-18(2)15-23(14-17)28-33(30,31)25-16-22(10-9-20(25)4)26(29)27-11-12-32-24-8-6-7-19(3)21(24)5/h6-10,13-16,28H,11-12H2,1-5H3,(H,27,29). The van der Waals surface area contributed by atoms with Crippen molar-refractivity contribution in [3.63, 3.8) is 0 Å². The van der Waals surface area contributed by atoms with Gasteiger partial charge in [-0.3, -0.25) is 9.52 Å². The molecule has 3 aromatic carbocycles. The van der Waals surface area contributed by atoms with E-state index in [0.717, 1.165) is 28.0 Å². The van der Waals surface area contributed by atoms with Gasteiger partial charge in [0.25, 0.3) is 15.9 Å². The van der Waals surface area contributed by atoms with Crippen LogP contribution in [0.2, 0.25) is 0 Å². The fourth-order valence-electron chi connectivity index (χ4n) is 3.58. The second-order valence-corrected chi connectivity index (χ2v) is 9.92. The summed E-state index contributed by atoms with van der Waals surface area (Å²) in [6.07, 6.45) is 0. The molecule has 0 aromatic heterocycles. The SMILES string of the molecule is Cc1cc(C)cc(NS(=O)(=O)c2cc(C(=O)NCCOc3cccc(C)c3C)ccc2C)c1. The van der Waals surface area contributed by atoms with Gasteiger partial charge in [0.2, 0.25) is 0 Å². The monoisotopic (exact) mass is 466 g/mol. The van der Waals surface area contributed by atoms with Crippen molar-refractivity contribution in [2.75, 3.05) is 17.9 Å². The minimum atomic E-state index is -3.86. The van der Waals surface area contributed by atoms with Gasteiger partial charge in [-0.25, -0.2) is 8.42 Å². The van der Waals surface area contributed by atoms with Crippen LogP contribution in [-0.4, -0.2) is 27.5 Å². The third-order valence-corrected chi connectivity index (χ3v) is 6.94. The molecule has 3 rings (SSSR count). The molecule has 0 bridgehead atoms. The number of carbonyl (C=O) groups is 1. The molecule has 1 amide bonds. The Labute approximate surface area is 196 Å². The largest absolute Gasteiger partial charge is 0.491 e. The number of anilines is 1. The van der Waals surface area contributed by atoms with Gasteiger partial charge in [-0.1, -0.05) is 24.3 Å². The molecule has 0 saturated heterocycles. The van der Waals surface area contributed by atoms with Gasteiger partial charge in [0.05, 0.1) is 11.4 Å². The van der Waals surface area contributed by atoms with Crippen molar-refractivity contribution < 1.29 is 17.9 Å². The molecule has 0 radical (unpaired) electrons. The highest BCUT2D eigenvalue weighted by Gasteiger charge is 2.19. The fraction of sp³-hybridized carbons (Fsp3) is 0.269. The number of nitrogens with one attached hydrogen (secondary N) is 2. The van der Waals surface area contributed by atoms with Crippen LogP contribution in [0.15, 0.2) is 59.5 Å². The Balaban J connectivity index is 1.68. The Hall–Kier alpha value is -3.32. The zero-order chi connectivity index (χ0) is 24.2. The maximum atomic E-state index is 13.0. The predicted octanol–water partition coefficient (Wildman–Crippen LogP) is 4.84. The number of ether oxygens (including phenoxy) is 1. The number of carbonyl (C=O) groups excluding carboxylic acids is 1. The van der Waals surface area contributed by atoms with Crippen LogP contribution in [0.5, 0.6) is 5.75 Å². The van der Waals surface area contributed by atoms with Gasteiger partial charge in [-0.15, -0.1) is 0 Å². The van der Waals surface area contributed by atoms with Crippen molar-refractivity contribution in [1.29, 1.82) is 0 Å². The fourth-order valence-corrected chi connectivity index (χ4v) is 4.89. The Bertz CT molecular complexity index is 1260. The lowest BCUT2D eigenvalue weighted by atomic mass is 10.1. The molecule has 0 unspecified atom stereocenters. The summed E-state index contributed by atoms with van der Waals surface area (Å²) < 4.78 is 34.5. The molecule has 0 spiro atoms. The highest BCUT2D eigenvalue weighted by atomic mass is 32.2. The van der Waals surface area contributed by atoms with E-state index >= 15 is 0 Å². The lowest BCUT2D eigenvalue weighted by Crippen LogP contribution is -2.28. The summed E-state index contributed by atoms with van der Waals surface area (Å²) in [4.78, 5) is 12.7. The number of benzene rings is 3. The summed E-state index contributed by atoms with van der Waals surface area (Å²) in [5, 5.41) is 2.79. The van der Waals surface area contributed by atoms with Gasteiger partial charge >= 0.3 is 0 Å². The first-order chi connectivity index (χ1) is 15.6. The van der Waals surface area contributed by atoms with Gasteiger partial charge in [0.1, 0.15) is 12.4 Å². The van der Waals surface area contributed by atoms with E-state index in [4.69, 9.17) is 4.74 Å². The maximum absolute atomic E-state index is 13.0. The van der Waals surface area contributed by atoms with Crippen LogP contribution in [-0.2, 0) is 10.0 Å². The van der Waals surface area contributed by atoms with Gasteiger partial charge in [-0.05, 0) is 92.8 Å². The van der Waals surface area contributed by atoms with E-state index in [1.807, 2.05) is 52.0 Å². The van der Waals surface area contributed by atoms with Crippen LogP contribution in [0.1, 0.15) is 38.2 Å². The Morgan fingerprint density at radius 1 is 0.879 bits per heavy atom. The Morgan fingerprint density at radius 2 is 1.58 bits per heavy atom. The Kier molecular flexibility index (Phi) is 7.43. The molecule has 0 aliphatic carbocycles. The first-order valence-corrected chi connectivity index (χ1v) is 12.2. The number of hydrogen-bond donors (Lipinski definition) is 2. The second-order valence-electron chi connectivity index (χ2n) is 8.26. The van der Waals surface area contributed by atoms with Crippen LogP contribution in [0.4, 0.5) is 5.69 Å². The molecular formula is C26H30N2O4S. The number of aryl methyl sites for hydroxylation is 4. The van der Waals surface area contributed by atoms with Gasteiger partial charge in [0, 0.05) is 11.3 Å². The highest BCUT2D eigenvalue weighted by Crippen LogP contribution is 2.23. The summed E-state index contributed by atoms with van der Waals surface area (Å²) in [6.45, 7) is 10.1. The second kappa shape index (κ2) is 10.1. The van der Waals surface area contributed by atoms with Crippen LogP contribution in [0.3, 0.4) is 0 Å². The number of rotatable bonds is 8. The molecule has 6 nitrogen and oxygen atoms in total. The number of amides is 1. The van der Waals surface area contributed by atoms with Gasteiger partial charge in [-0.2, -0.15) is 0 Å². The van der Waals surface area contributed by atoms with Crippen LogP contribution >= 0.6 is 0 Å². The molecule has 7 heteroatoms. The zero-order valence-electron chi connectivity index (χ0n) is 19.7. The van der Waals surface area contributed by atoms with E-state index < -0.39 is 10.0 Å². The minimum Gasteiger partial charge on any atom is -0.491 e. The van der Waals surface area contributed by atoms with E-state index in [0.29, 0.717) is 24.4 Å². The van der Waals surface area contributed by atoms with Crippen molar-refractivity contribution in [2.45, 2.75) is 39.5 Å². The molecule has 0 aliphatic heterocycles. The van der Waals surface area contributed by atoms with Crippen LogP contribution in [0.25, 0.3) is 0 Å². The summed E-state index contributed by atoms with van der Waals surface area (Å²) in [5.41, 5.74) is 5.44. The maximum Gasteiger partial charge on any atom is 0.262 e. The third kappa shape index (κ3) is 6.14. The molecule has 33 heavy (non-hydrogen) atoms. The number of hydrogen-bond acceptors (Lipinski definition) is 4. The first-order valence-electron chi connectivity index (χ1n) is 10.8. The van der Waals surface area contributed by atoms with E-state index in [2.05, 4.69) is 10.0 Å². The van der Waals surface area contributed by atoms with Gasteiger partial charge in [0.15, 0.2) is 0 Å². The lowest BCUT2D eigenvalue weighted by molar-refractivity contribution is 0.0946. The minimum absolute atomic E-state index is 0.0703. The molecule has 0 heterocycles. The quantitative estimate of drug-likeness (QED) is 0.465. The van der Waals surface area contributed by atoms with E-state index in [-0.39, 0.29) is 16.4 Å². The lowest BCUT2D eigenvalue weighted by Gasteiger charge is -2.14. The van der Waals surface area contributed by atoms with Crippen molar-refractivity contribution in [1.82, 2.24) is 5.32 Å². The van der Waals surface area contributed by atoms with E-state index in [1.54, 1.807) is 31.2 Å². The molecule has 174 valence electrons. The van der Waals surface area contributed by atoms with Crippen molar-refractivity contribution in [3.8, 4) is 5.75 Å². The van der Waals surface area contributed by atoms with E-state index in [1.165, 1.54) is 6.07 Å². The predicted molar refractivity (Wildman–Crippen MR) is 132 cm³/mol. The summed E-state index contributed by atoms with van der Waals surface area (Å²) in [7, 11) is -3.86. The van der Waals surface area contributed by atoms with Gasteiger partial charge < -0.3 is 10.1 Å². The topological polar surface area (TPSA) is 84.5 Å². The summed E-state index contributed by atoms with van der Waals surface area (Å²) in [5.74, 6) is 0.424. The molecule has 0 fully saturated rings. The van der Waals surface area contributed by atoms with E-state index in [9.17, 15) is 13.2 Å². The average molecular weight is 467 g/mol. The first kappa shape index (κ1) is 24.3. The Morgan fingerprint density at radius 3 is 2.27 bits per heavy atom. The average Bonchev–Trinajstić information content (AvgIpc) is 2.73. The zero-order valence-corrected chi connectivity index (χ0v) is 20.5. The highest BCUT2D eigenvalue weighted by molar-refractivity contribution is 7.92. The molecular weight excluding hydrogens is 436 g/mol. The van der Waals surface area contributed by atoms with Crippen molar-refractivity contribution in [2.24, 2.45) is 0 Å². The third-order valence-electron chi connectivity index (χ3n) is 5.41. The molecule has 0 saturated carbocycles. The number of sulfonamides is 1. The normalized spacial score (nSPS) is 11.2. The smallest absolute Gasteiger partial charge is 0.262 e. The molecule has 3 aromatic rings. The van der Waals surface area contributed by atoms with Crippen molar-refractivity contribution in [3.05, 3.63) is 88.0 Å². The molecule has 0 aliphatic rings. The summed E-state index contributed by atoms with van der Waals surface area (Å²) in [6, 6.07) is 16.0. The van der Waals surface area contributed by atoms with Crippen molar-refractivity contribution >= 4 is 21.6 Å². The van der Waals surface area contributed by atoms with Crippen LogP contribution < -0.4 is 14.8 Å². The summed E-state index contributed by atoms with van der Waals surface area (Å²) >= 11 is 0. The molecule has 2 N–H and O–H groups in total.